The Morgan fingerprint density at radius 1 is 1.41 bits per heavy atom. The van der Waals surface area contributed by atoms with Gasteiger partial charge in [0.05, 0.1) is 11.8 Å². The number of hydrogen-bond donors (Lipinski definition) is 1. The molecular weight excluding hydrogens is 234 g/mol. The minimum Gasteiger partial charge on any atom is -0.388 e. The maximum absolute atomic E-state index is 10.2. The molecule has 5 heteroatoms. The van der Waals surface area contributed by atoms with E-state index < -0.39 is 6.10 Å². The third-order valence-corrected chi connectivity index (χ3v) is 3.36. The van der Waals surface area contributed by atoms with Crippen molar-refractivity contribution in [2.45, 2.75) is 17.4 Å². The van der Waals surface area contributed by atoms with Crippen LogP contribution in [-0.2, 0) is 13.5 Å². The van der Waals surface area contributed by atoms with E-state index >= 15 is 0 Å². The van der Waals surface area contributed by atoms with Gasteiger partial charge in [0.15, 0.2) is 0 Å². The first-order valence-electron chi connectivity index (χ1n) is 5.37. The summed E-state index contributed by atoms with van der Waals surface area (Å²) in [6.45, 7) is 0. The number of aromatic nitrogens is 3. The molecule has 0 aliphatic rings. The lowest BCUT2D eigenvalue weighted by Gasteiger charge is -2.12. The van der Waals surface area contributed by atoms with Crippen LogP contribution in [-0.4, -0.2) is 26.4 Å². The minimum absolute atomic E-state index is 0.491. The zero-order valence-electron chi connectivity index (χ0n) is 9.87. The summed E-state index contributed by atoms with van der Waals surface area (Å²) < 4.78 is 1.64. The van der Waals surface area contributed by atoms with Crippen LogP contribution in [0.25, 0.3) is 0 Å². The molecule has 0 bridgehead atoms. The fraction of sp³-hybridized carbons (Fsp3) is 0.333. The molecule has 1 aromatic heterocycles. The van der Waals surface area contributed by atoms with Crippen molar-refractivity contribution in [2.24, 2.45) is 7.05 Å². The zero-order chi connectivity index (χ0) is 12.3. The van der Waals surface area contributed by atoms with Crippen LogP contribution in [0.3, 0.4) is 0 Å². The number of aliphatic hydroxyl groups excluding tert-OH is 1. The molecule has 0 saturated heterocycles. The quantitative estimate of drug-likeness (QED) is 0.840. The Labute approximate surface area is 105 Å². The van der Waals surface area contributed by atoms with E-state index in [9.17, 15) is 5.11 Å². The molecule has 2 aromatic rings. The molecule has 17 heavy (non-hydrogen) atoms. The Morgan fingerprint density at radius 3 is 2.82 bits per heavy atom. The van der Waals surface area contributed by atoms with E-state index in [1.165, 1.54) is 0 Å². The molecule has 0 amide bonds. The maximum atomic E-state index is 10.2. The Bertz CT molecular complexity index is 498. The summed E-state index contributed by atoms with van der Waals surface area (Å²) in [6, 6.07) is 7.88. The fourth-order valence-corrected chi connectivity index (χ4v) is 2.39. The van der Waals surface area contributed by atoms with Crippen LogP contribution in [0.1, 0.15) is 17.4 Å². The monoisotopic (exact) mass is 249 g/mol. The Hall–Kier alpha value is -1.33. The number of aliphatic hydroxyl groups is 1. The minimum atomic E-state index is -0.532. The van der Waals surface area contributed by atoms with Crippen LogP contribution in [0, 0.1) is 0 Å². The van der Waals surface area contributed by atoms with E-state index in [-0.39, 0.29) is 0 Å². The van der Waals surface area contributed by atoms with Crippen molar-refractivity contribution in [1.82, 2.24) is 15.0 Å². The average molecular weight is 249 g/mol. The third-order valence-electron chi connectivity index (χ3n) is 2.55. The van der Waals surface area contributed by atoms with Crippen LogP contribution < -0.4 is 0 Å². The van der Waals surface area contributed by atoms with Gasteiger partial charge in [-0.2, -0.15) is 0 Å². The smallest absolute Gasteiger partial charge is 0.0857 e. The molecule has 4 nitrogen and oxygen atoms in total. The highest BCUT2D eigenvalue weighted by Crippen LogP contribution is 2.27. The lowest BCUT2D eigenvalue weighted by atomic mass is 10.1. The lowest BCUT2D eigenvalue weighted by Crippen LogP contribution is -2.03. The van der Waals surface area contributed by atoms with Gasteiger partial charge in [-0.3, -0.25) is 4.68 Å². The first-order valence-corrected chi connectivity index (χ1v) is 6.59. The van der Waals surface area contributed by atoms with Gasteiger partial charge in [-0.15, -0.1) is 16.9 Å². The number of benzene rings is 1. The van der Waals surface area contributed by atoms with E-state index in [1.807, 2.05) is 43.8 Å². The van der Waals surface area contributed by atoms with Gasteiger partial charge in [0, 0.05) is 24.6 Å². The number of aryl methyl sites for hydroxylation is 1. The Balaban J connectivity index is 2.16. The zero-order valence-corrected chi connectivity index (χ0v) is 10.7. The summed E-state index contributed by atoms with van der Waals surface area (Å²) in [5.41, 5.74) is 1.75. The molecule has 2 rings (SSSR count). The second-order valence-electron chi connectivity index (χ2n) is 3.85. The largest absolute Gasteiger partial charge is 0.388 e. The van der Waals surface area contributed by atoms with Gasteiger partial charge < -0.3 is 5.11 Å². The molecule has 1 N–H and O–H groups in total. The molecule has 0 fully saturated rings. The molecule has 0 aliphatic heterocycles. The van der Waals surface area contributed by atoms with E-state index in [1.54, 1.807) is 16.4 Å². The summed E-state index contributed by atoms with van der Waals surface area (Å²) in [5, 5.41) is 18.0. The van der Waals surface area contributed by atoms with Gasteiger partial charge in [0.25, 0.3) is 0 Å². The summed E-state index contributed by atoms with van der Waals surface area (Å²) in [4.78, 5) is 1.10. The SMILES string of the molecule is CSc1ccccc1C(O)Cc1cn(C)nn1. The molecule has 1 atom stereocenters. The van der Waals surface area contributed by atoms with Crippen LogP contribution >= 0.6 is 11.8 Å². The summed E-state index contributed by atoms with van der Waals surface area (Å²) in [5.74, 6) is 0. The topological polar surface area (TPSA) is 50.9 Å². The molecular formula is C12H15N3OS. The normalized spacial score (nSPS) is 12.6. The highest BCUT2D eigenvalue weighted by molar-refractivity contribution is 7.98. The van der Waals surface area contributed by atoms with Crippen LogP contribution in [0.4, 0.5) is 0 Å². The van der Waals surface area contributed by atoms with E-state index in [2.05, 4.69) is 10.3 Å². The second-order valence-corrected chi connectivity index (χ2v) is 4.69. The molecule has 0 saturated carbocycles. The Kier molecular flexibility index (Phi) is 3.81. The first kappa shape index (κ1) is 12.1. The van der Waals surface area contributed by atoms with Crippen LogP contribution in [0.15, 0.2) is 35.4 Å². The molecule has 0 spiro atoms. The second kappa shape index (κ2) is 5.33. The van der Waals surface area contributed by atoms with Crippen molar-refractivity contribution in [3.63, 3.8) is 0 Å². The van der Waals surface area contributed by atoms with Crippen molar-refractivity contribution < 1.29 is 5.11 Å². The molecule has 1 heterocycles. The van der Waals surface area contributed by atoms with Gasteiger partial charge in [-0.05, 0) is 17.9 Å². The van der Waals surface area contributed by atoms with Crippen molar-refractivity contribution >= 4 is 11.8 Å². The van der Waals surface area contributed by atoms with Crippen molar-refractivity contribution in [3.8, 4) is 0 Å². The van der Waals surface area contributed by atoms with Gasteiger partial charge in [0.1, 0.15) is 0 Å². The maximum Gasteiger partial charge on any atom is 0.0857 e. The fourth-order valence-electron chi connectivity index (χ4n) is 1.74. The van der Waals surface area contributed by atoms with Crippen molar-refractivity contribution in [2.75, 3.05) is 6.26 Å². The van der Waals surface area contributed by atoms with E-state index in [0.717, 1.165) is 16.2 Å². The van der Waals surface area contributed by atoms with Gasteiger partial charge in [-0.1, -0.05) is 23.4 Å². The summed E-state index contributed by atoms with van der Waals surface area (Å²) >= 11 is 1.64. The van der Waals surface area contributed by atoms with Gasteiger partial charge >= 0.3 is 0 Å². The molecule has 1 aromatic carbocycles. The van der Waals surface area contributed by atoms with Crippen LogP contribution in [0.2, 0.25) is 0 Å². The molecule has 0 radical (unpaired) electrons. The van der Waals surface area contributed by atoms with Gasteiger partial charge in [-0.25, -0.2) is 0 Å². The Morgan fingerprint density at radius 2 is 2.18 bits per heavy atom. The van der Waals surface area contributed by atoms with Crippen molar-refractivity contribution in [1.29, 1.82) is 0 Å². The predicted molar refractivity (Wildman–Crippen MR) is 67.9 cm³/mol. The van der Waals surface area contributed by atoms with Crippen LogP contribution in [0.5, 0.6) is 0 Å². The molecule has 0 aliphatic carbocycles. The van der Waals surface area contributed by atoms with Crippen molar-refractivity contribution in [3.05, 3.63) is 41.7 Å². The predicted octanol–water partition coefficient (Wildman–Crippen LogP) is 1.81. The standard InChI is InChI=1S/C12H15N3OS/c1-15-8-9(13-14-15)7-11(16)10-5-3-4-6-12(10)17-2/h3-6,8,11,16H,7H2,1-2H3. The molecule has 90 valence electrons. The first-order chi connectivity index (χ1) is 8.20. The summed E-state index contributed by atoms with van der Waals surface area (Å²) in [7, 11) is 1.82. The van der Waals surface area contributed by atoms with E-state index in [4.69, 9.17) is 0 Å². The van der Waals surface area contributed by atoms with E-state index in [0.29, 0.717) is 6.42 Å². The summed E-state index contributed by atoms with van der Waals surface area (Å²) in [6.07, 6.45) is 3.79. The number of hydrogen-bond acceptors (Lipinski definition) is 4. The third kappa shape index (κ3) is 2.87. The number of rotatable bonds is 4. The number of thioether (sulfide) groups is 1. The highest BCUT2D eigenvalue weighted by Gasteiger charge is 2.13. The number of nitrogens with zero attached hydrogens (tertiary/aromatic N) is 3. The lowest BCUT2D eigenvalue weighted by molar-refractivity contribution is 0.174. The highest BCUT2D eigenvalue weighted by atomic mass is 32.2. The van der Waals surface area contributed by atoms with Gasteiger partial charge in [0.2, 0.25) is 0 Å². The average Bonchev–Trinajstić information content (AvgIpc) is 2.74. The molecule has 1 unspecified atom stereocenters.